The minimum absolute atomic E-state index is 0.00218. The molecule has 0 aliphatic carbocycles. The Balaban J connectivity index is 2.30. The summed E-state index contributed by atoms with van der Waals surface area (Å²) >= 11 is 0. The number of carbonyl (C=O) groups excluding carboxylic acids is 1. The highest BCUT2D eigenvalue weighted by atomic mass is 19.1. The summed E-state index contributed by atoms with van der Waals surface area (Å²) in [5.74, 6) is -0.456. The molecule has 0 aliphatic heterocycles. The number of hydrogen-bond donors (Lipinski definition) is 0. The molecule has 2 aromatic carbocycles. The molecule has 0 fully saturated rings. The summed E-state index contributed by atoms with van der Waals surface area (Å²) in [6.45, 7) is 3.83. The molecular weight excluding hydrogens is 362 g/mol. The van der Waals surface area contributed by atoms with Gasteiger partial charge in [-0.05, 0) is 66.6 Å². The van der Waals surface area contributed by atoms with Crippen LogP contribution in [-0.4, -0.2) is 26.5 Å². The number of aromatic nitrogens is 4. The van der Waals surface area contributed by atoms with Crippen molar-refractivity contribution in [3.63, 3.8) is 0 Å². The van der Waals surface area contributed by atoms with E-state index in [0.717, 1.165) is 0 Å². The highest BCUT2D eigenvalue weighted by molar-refractivity contribution is 6.01. The van der Waals surface area contributed by atoms with E-state index in [4.69, 9.17) is 0 Å². The van der Waals surface area contributed by atoms with Crippen LogP contribution in [0.2, 0.25) is 0 Å². The first-order valence-corrected chi connectivity index (χ1v) is 8.67. The van der Waals surface area contributed by atoms with Gasteiger partial charge in [0, 0.05) is 11.1 Å². The number of tetrazole rings is 1. The summed E-state index contributed by atoms with van der Waals surface area (Å²) in [5.41, 5.74) is 2.47. The topological polar surface area (TPSA) is 60.7 Å². The van der Waals surface area contributed by atoms with E-state index in [1.165, 1.54) is 35.1 Å². The van der Waals surface area contributed by atoms with Gasteiger partial charge in [0.1, 0.15) is 17.9 Å². The van der Waals surface area contributed by atoms with Gasteiger partial charge >= 0.3 is 0 Å². The zero-order valence-corrected chi connectivity index (χ0v) is 15.4. The molecule has 0 N–H and O–H groups in total. The Morgan fingerprint density at radius 1 is 0.964 bits per heavy atom. The van der Waals surface area contributed by atoms with Crippen molar-refractivity contribution in [1.82, 2.24) is 20.2 Å². The monoisotopic (exact) mass is 380 g/mol. The lowest BCUT2D eigenvalue weighted by Crippen LogP contribution is -2.05. The molecule has 0 spiro atoms. The van der Waals surface area contributed by atoms with Gasteiger partial charge in [-0.15, -0.1) is 10.2 Å². The molecular formula is C21H18F2N4O. The van der Waals surface area contributed by atoms with Crippen molar-refractivity contribution in [3.8, 4) is 0 Å². The van der Waals surface area contributed by atoms with Crippen molar-refractivity contribution in [1.29, 1.82) is 0 Å². The number of allylic oxidation sites excluding steroid dienone is 3. The Labute approximate surface area is 161 Å². The fraction of sp³-hybridized carbons (Fsp3) is 0.143. The summed E-state index contributed by atoms with van der Waals surface area (Å²) in [5, 5.41) is 12.5. The highest BCUT2D eigenvalue weighted by Gasteiger charge is 2.17. The zero-order chi connectivity index (χ0) is 20.1. The molecule has 0 radical (unpaired) electrons. The lowest BCUT2D eigenvalue weighted by atomic mass is 9.92. The summed E-state index contributed by atoms with van der Waals surface area (Å²) < 4.78 is 26.9. The Bertz CT molecular complexity index is 972. The van der Waals surface area contributed by atoms with Gasteiger partial charge in [0.05, 0.1) is 6.04 Å². The average Bonchev–Trinajstić information content (AvgIpc) is 3.17. The van der Waals surface area contributed by atoms with Crippen molar-refractivity contribution >= 4 is 17.4 Å². The van der Waals surface area contributed by atoms with Crippen LogP contribution in [0.1, 0.15) is 36.8 Å². The molecule has 3 aromatic rings. The van der Waals surface area contributed by atoms with E-state index in [1.54, 1.807) is 30.3 Å². The molecule has 0 bridgehead atoms. The van der Waals surface area contributed by atoms with Crippen LogP contribution in [0.3, 0.4) is 0 Å². The van der Waals surface area contributed by atoms with E-state index in [2.05, 4.69) is 15.4 Å². The van der Waals surface area contributed by atoms with E-state index in [9.17, 15) is 13.6 Å². The minimum Gasteiger partial charge on any atom is -0.299 e. The maximum absolute atomic E-state index is 13.5. The molecule has 5 nitrogen and oxygen atoms in total. The Kier molecular flexibility index (Phi) is 5.84. The Morgan fingerprint density at radius 3 is 1.93 bits per heavy atom. The molecule has 0 unspecified atom stereocenters. The molecule has 0 atom stereocenters. The molecule has 0 aliphatic rings. The first-order chi connectivity index (χ1) is 13.5. The molecule has 142 valence electrons. The zero-order valence-electron chi connectivity index (χ0n) is 15.4. The van der Waals surface area contributed by atoms with Gasteiger partial charge in [-0.25, -0.2) is 8.78 Å². The number of carbonyl (C=O) groups is 1. The van der Waals surface area contributed by atoms with Gasteiger partial charge in [0.25, 0.3) is 0 Å². The number of rotatable bonds is 6. The van der Waals surface area contributed by atoms with Crippen LogP contribution in [0, 0.1) is 11.6 Å². The molecule has 0 amide bonds. The van der Waals surface area contributed by atoms with E-state index < -0.39 is 0 Å². The van der Waals surface area contributed by atoms with Crippen LogP contribution >= 0.6 is 0 Å². The van der Waals surface area contributed by atoms with Crippen molar-refractivity contribution in [2.45, 2.75) is 19.9 Å². The van der Waals surface area contributed by atoms with E-state index in [0.29, 0.717) is 34.4 Å². The maximum Gasteiger partial charge on any atom is 0.205 e. The molecule has 0 saturated carbocycles. The number of aldehydes is 1. The van der Waals surface area contributed by atoms with Gasteiger partial charge in [-0.3, -0.25) is 4.79 Å². The first-order valence-electron chi connectivity index (χ1n) is 8.67. The Hall–Kier alpha value is -3.48. The van der Waals surface area contributed by atoms with Crippen LogP contribution < -0.4 is 0 Å². The standard InChI is InChI=1S/C21H18F2N4O/c1-14(2)27-25-21(24-26-27)19(4-3-13-28)20(15-5-9-17(22)10-6-15)16-7-11-18(23)12-8-16/h3-14H,1-2H3. The largest absolute Gasteiger partial charge is 0.299 e. The fourth-order valence-electron chi connectivity index (χ4n) is 2.67. The van der Waals surface area contributed by atoms with Crippen molar-refractivity contribution in [2.24, 2.45) is 0 Å². The fourth-order valence-corrected chi connectivity index (χ4v) is 2.67. The van der Waals surface area contributed by atoms with Crippen molar-refractivity contribution in [3.05, 3.63) is 89.3 Å². The first kappa shape index (κ1) is 19.3. The van der Waals surface area contributed by atoms with Crippen molar-refractivity contribution in [2.75, 3.05) is 0 Å². The highest BCUT2D eigenvalue weighted by Crippen LogP contribution is 2.32. The van der Waals surface area contributed by atoms with Crippen molar-refractivity contribution < 1.29 is 13.6 Å². The molecule has 1 aromatic heterocycles. The third kappa shape index (κ3) is 4.25. The predicted molar refractivity (Wildman–Crippen MR) is 102 cm³/mol. The van der Waals surface area contributed by atoms with E-state index >= 15 is 0 Å². The number of halogens is 2. The summed E-state index contributed by atoms with van der Waals surface area (Å²) in [4.78, 5) is 12.4. The maximum atomic E-state index is 13.5. The normalized spacial score (nSPS) is 11.2. The summed E-state index contributed by atoms with van der Waals surface area (Å²) in [6, 6.07) is 11.8. The van der Waals surface area contributed by atoms with Gasteiger partial charge in [-0.2, -0.15) is 4.80 Å². The lowest BCUT2D eigenvalue weighted by Gasteiger charge is -2.12. The van der Waals surface area contributed by atoms with Gasteiger partial charge < -0.3 is 0 Å². The van der Waals surface area contributed by atoms with Crippen LogP contribution in [0.4, 0.5) is 8.78 Å². The molecule has 28 heavy (non-hydrogen) atoms. The van der Waals surface area contributed by atoms with Gasteiger partial charge in [0.2, 0.25) is 5.82 Å². The molecule has 3 rings (SSSR count). The van der Waals surface area contributed by atoms with Crippen LogP contribution in [0.15, 0.2) is 60.7 Å². The van der Waals surface area contributed by atoms with Crippen LogP contribution in [-0.2, 0) is 4.79 Å². The lowest BCUT2D eigenvalue weighted by molar-refractivity contribution is -0.104. The Morgan fingerprint density at radius 2 is 1.50 bits per heavy atom. The van der Waals surface area contributed by atoms with E-state index in [1.807, 2.05) is 13.8 Å². The predicted octanol–water partition coefficient (Wildman–Crippen LogP) is 4.25. The number of nitrogens with zero attached hydrogens (tertiary/aromatic N) is 4. The van der Waals surface area contributed by atoms with Crippen LogP contribution in [0.25, 0.3) is 11.1 Å². The second-order valence-corrected chi connectivity index (χ2v) is 6.32. The van der Waals surface area contributed by atoms with Gasteiger partial charge in [-0.1, -0.05) is 24.3 Å². The quantitative estimate of drug-likeness (QED) is 0.364. The number of benzene rings is 2. The molecule has 0 saturated heterocycles. The smallest absolute Gasteiger partial charge is 0.205 e. The third-order valence-electron chi connectivity index (χ3n) is 4.01. The third-order valence-corrected chi connectivity index (χ3v) is 4.01. The average molecular weight is 380 g/mol. The summed E-state index contributed by atoms with van der Waals surface area (Å²) in [6.07, 6.45) is 3.52. The van der Waals surface area contributed by atoms with E-state index in [-0.39, 0.29) is 17.7 Å². The SMILES string of the molecule is CC(C)n1nnc(C(C=CC=O)=C(c2ccc(F)cc2)c2ccc(F)cc2)n1. The minimum atomic E-state index is -0.379. The van der Waals surface area contributed by atoms with Crippen LogP contribution in [0.5, 0.6) is 0 Å². The second-order valence-electron chi connectivity index (χ2n) is 6.32. The molecule has 7 heteroatoms. The van der Waals surface area contributed by atoms with Gasteiger partial charge in [0.15, 0.2) is 0 Å². The number of hydrogen-bond acceptors (Lipinski definition) is 4. The molecule has 1 heterocycles. The second kappa shape index (κ2) is 8.47. The summed E-state index contributed by atoms with van der Waals surface area (Å²) in [7, 11) is 0.